The minimum atomic E-state index is -0.165. The van der Waals surface area contributed by atoms with Crippen molar-refractivity contribution in [1.82, 2.24) is 9.97 Å². The number of hydrogen-bond acceptors (Lipinski definition) is 3. The maximum atomic E-state index is 6.63. The first kappa shape index (κ1) is 22.9. The van der Waals surface area contributed by atoms with E-state index < -0.39 is 0 Å². The van der Waals surface area contributed by atoms with Gasteiger partial charge in [-0.25, -0.2) is 4.98 Å². The average Bonchev–Trinajstić information content (AvgIpc) is 3.00. The summed E-state index contributed by atoms with van der Waals surface area (Å²) < 4.78 is 6.63. The predicted octanol–water partition coefficient (Wildman–Crippen LogP) is 9.70. The second kappa shape index (κ2) is 8.49. The highest BCUT2D eigenvalue weighted by Gasteiger charge is 2.35. The number of aromatic nitrogens is 2. The maximum Gasteiger partial charge on any atom is 0.139 e. The molecule has 0 amide bonds. The molecule has 5 aromatic carbocycles. The molecule has 0 saturated heterocycles. The molecule has 7 aromatic rings. The minimum Gasteiger partial charge on any atom is -0.456 e. The molecule has 190 valence electrons. The monoisotopic (exact) mass is 514 g/mol. The number of hydrogen-bond donors (Lipinski definition) is 0. The SMILES string of the molecule is CC1(C)c2ccccc2Oc2c(-c3ccc(-c4ccc5ccc6cccnc6c5n4)c4ccccc34)cccc21. The van der Waals surface area contributed by atoms with E-state index in [1.807, 2.05) is 18.3 Å². The fraction of sp³-hybridized carbons (Fsp3) is 0.0811. The van der Waals surface area contributed by atoms with Crippen LogP contribution in [0.25, 0.3) is 55.0 Å². The summed E-state index contributed by atoms with van der Waals surface area (Å²) in [5, 5.41) is 4.52. The zero-order valence-electron chi connectivity index (χ0n) is 22.3. The van der Waals surface area contributed by atoms with Crippen LogP contribution in [0.5, 0.6) is 11.5 Å². The van der Waals surface area contributed by atoms with Crippen molar-refractivity contribution in [2.45, 2.75) is 19.3 Å². The van der Waals surface area contributed by atoms with Crippen LogP contribution in [0.15, 0.2) is 121 Å². The van der Waals surface area contributed by atoms with Gasteiger partial charge in [-0.2, -0.15) is 0 Å². The fourth-order valence-electron chi connectivity index (χ4n) is 6.31. The van der Waals surface area contributed by atoms with E-state index >= 15 is 0 Å². The van der Waals surface area contributed by atoms with Crippen LogP contribution in [0, 0.1) is 0 Å². The van der Waals surface area contributed by atoms with Gasteiger partial charge in [-0.15, -0.1) is 0 Å². The van der Waals surface area contributed by atoms with Gasteiger partial charge in [0, 0.05) is 44.6 Å². The Morgan fingerprint density at radius 2 is 1.25 bits per heavy atom. The van der Waals surface area contributed by atoms with Crippen molar-refractivity contribution in [2.75, 3.05) is 0 Å². The lowest BCUT2D eigenvalue weighted by Crippen LogP contribution is -2.24. The summed E-state index contributed by atoms with van der Waals surface area (Å²) in [6.07, 6.45) is 1.84. The van der Waals surface area contributed by atoms with Crippen molar-refractivity contribution < 1.29 is 4.74 Å². The molecule has 0 aliphatic carbocycles. The molecule has 3 nitrogen and oxygen atoms in total. The van der Waals surface area contributed by atoms with E-state index in [0.29, 0.717) is 0 Å². The van der Waals surface area contributed by atoms with Gasteiger partial charge in [0.1, 0.15) is 11.5 Å². The van der Waals surface area contributed by atoms with E-state index in [0.717, 1.165) is 61.1 Å². The fourth-order valence-corrected chi connectivity index (χ4v) is 6.31. The second-order valence-electron chi connectivity index (χ2n) is 11.0. The number of para-hydroxylation sites is 2. The molecule has 0 unspecified atom stereocenters. The average molecular weight is 515 g/mol. The lowest BCUT2D eigenvalue weighted by molar-refractivity contribution is 0.419. The third-order valence-electron chi connectivity index (χ3n) is 8.38. The number of fused-ring (bicyclic) bond motifs is 6. The zero-order valence-corrected chi connectivity index (χ0v) is 22.3. The van der Waals surface area contributed by atoms with Gasteiger partial charge in [-0.05, 0) is 34.5 Å². The van der Waals surface area contributed by atoms with Crippen molar-refractivity contribution in [3.63, 3.8) is 0 Å². The predicted molar refractivity (Wildman–Crippen MR) is 164 cm³/mol. The van der Waals surface area contributed by atoms with Crippen molar-refractivity contribution in [1.29, 1.82) is 0 Å². The molecule has 0 radical (unpaired) electrons. The maximum absolute atomic E-state index is 6.63. The number of pyridine rings is 2. The Morgan fingerprint density at radius 3 is 2.12 bits per heavy atom. The Kier molecular flexibility index (Phi) is 4.86. The standard InChI is InChI=1S/C37H26N2O/c1-37(2)30-13-5-6-15-33(30)40-36-29(12-7-14-31(36)37)27-19-20-28(26-11-4-3-10-25(26)27)32-21-18-24-17-16-23-9-8-22-38-34(23)35(24)39-32/h3-22H,1-2H3. The first-order valence-electron chi connectivity index (χ1n) is 13.7. The normalized spacial score (nSPS) is 13.7. The smallest absolute Gasteiger partial charge is 0.139 e. The van der Waals surface area contributed by atoms with E-state index in [2.05, 4.69) is 122 Å². The Balaban J connectivity index is 1.34. The Bertz CT molecular complexity index is 2130. The molecule has 3 heterocycles. The summed E-state index contributed by atoms with van der Waals surface area (Å²) >= 11 is 0. The summed E-state index contributed by atoms with van der Waals surface area (Å²) in [5.74, 6) is 1.86. The van der Waals surface area contributed by atoms with E-state index in [1.54, 1.807) is 0 Å². The molecule has 0 bridgehead atoms. The van der Waals surface area contributed by atoms with Gasteiger partial charge in [0.15, 0.2) is 0 Å². The summed E-state index contributed by atoms with van der Waals surface area (Å²) in [7, 11) is 0. The van der Waals surface area contributed by atoms with Crippen LogP contribution in [-0.2, 0) is 5.41 Å². The van der Waals surface area contributed by atoms with E-state index in [-0.39, 0.29) is 5.41 Å². The highest BCUT2D eigenvalue weighted by atomic mass is 16.5. The van der Waals surface area contributed by atoms with Crippen LogP contribution in [0.2, 0.25) is 0 Å². The van der Waals surface area contributed by atoms with Gasteiger partial charge in [-0.1, -0.05) is 111 Å². The van der Waals surface area contributed by atoms with E-state index in [1.165, 1.54) is 16.5 Å². The molecule has 8 rings (SSSR count). The van der Waals surface area contributed by atoms with Gasteiger partial charge < -0.3 is 4.74 Å². The van der Waals surface area contributed by atoms with E-state index in [9.17, 15) is 0 Å². The third kappa shape index (κ3) is 3.31. The summed E-state index contributed by atoms with van der Waals surface area (Å²) in [6.45, 7) is 4.56. The van der Waals surface area contributed by atoms with Crippen LogP contribution in [0.1, 0.15) is 25.0 Å². The quantitative estimate of drug-likeness (QED) is 0.215. The van der Waals surface area contributed by atoms with Gasteiger partial charge in [0.25, 0.3) is 0 Å². The van der Waals surface area contributed by atoms with Crippen LogP contribution >= 0.6 is 0 Å². The van der Waals surface area contributed by atoms with Crippen LogP contribution < -0.4 is 4.74 Å². The molecule has 0 spiro atoms. The zero-order chi connectivity index (χ0) is 26.8. The molecule has 0 atom stereocenters. The van der Waals surface area contributed by atoms with Gasteiger partial charge in [0.2, 0.25) is 0 Å². The lowest BCUT2D eigenvalue weighted by Gasteiger charge is -2.35. The molecule has 0 saturated carbocycles. The van der Waals surface area contributed by atoms with Crippen LogP contribution in [0.4, 0.5) is 0 Å². The third-order valence-corrected chi connectivity index (χ3v) is 8.38. The second-order valence-corrected chi connectivity index (χ2v) is 11.0. The summed E-state index contributed by atoms with van der Waals surface area (Å²) in [5.41, 5.74) is 8.40. The summed E-state index contributed by atoms with van der Waals surface area (Å²) in [4.78, 5) is 9.81. The first-order chi connectivity index (χ1) is 19.6. The number of rotatable bonds is 2. The van der Waals surface area contributed by atoms with Gasteiger partial charge in [0.05, 0.1) is 16.7 Å². The molecule has 1 aliphatic heterocycles. The van der Waals surface area contributed by atoms with Crippen molar-refractivity contribution in [3.8, 4) is 33.9 Å². The highest BCUT2D eigenvalue weighted by molar-refractivity contribution is 6.07. The molecular weight excluding hydrogens is 488 g/mol. The molecule has 0 N–H and O–H groups in total. The molecule has 40 heavy (non-hydrogen) atoms. The van der Waals surface area contributed by atoms with Crippen LogP contribution in [-0.4, -0.2) is 9.97 Å². The number of benzene rings is 5. The van der Waals surface area contributed by atoms with Gasteiger partial charge >= 0.3 is 0 Å². The Labute approximate surface area is 232 Å². The van der Waals surface area contributed by atoms with E-state index in [4.69, 9.17) is 9.72 Å². The van der Waals surface area contributed by atoms with Crippen LogP contribution in [0.3, 0.4) is 0 Å². The molecule has 1 aliphatic rings. The molecule has 0 fully saturated rings. The number of ether oxygens (including phenoxy) is 1. The topological polar surface area (TPSA) is 35.0 Å². The number of nitrogens with zero attached hydrogens (tertiary/aromatic N) is 2. The molecule has 2 aromatic heterocycles. The van der Waals surface area contributed by atoms with Gasteiger partial charge in [-0.3, -0.25) is 4.98 Å². The highest BCUT2D eigenvalue weighted by Crippen LogP contribution is 2.52. The minimum absolute atomic E-state index is 0.165. The van der Waals surface area contributed by atoms with Crippen molar-refractivity contribution in [3.05, 3.63) is 133 Å². The van der Waals surface area contributed by atoms with Crippen molar-refractivity contribution >= 4 is 32.6 Å². The largest absolute Gasteiger partial charge is 0.456 e. The summed E-state index contributed by atoms with van der Waals surface area (Å²) in [6, 6.07) is 40.5. The lowest BCUT2D eigenvalue weighted by atomic mass is 9.74. The molecule has 3 heteroatoms. The Hall–Kier alpha value is -5.02. The molecular formula is C37H26N2O. The first-order valence-corrected chi connectivity index (χ1v) is 13.7. The van der Waals surface area contributed by atoms with Crippen molar-refractivity contribution in [2.24, 2.45) is 0 Å². The Morgan fingerprint density at radius 1 is 0.550 bits per heavy atom.